The summed E-state index contributed by atoms with van der Waals surface area (Å²) in [5.74, 6) is 0.931. The summed E-state index contributed by atoms with van der Waals surface area (Å²) < 4.78 is 37.2. The smallest absolute Gasteiger partial charge is 0.251 e. The van der Waals surface area contributed by atoms with Gasteiger partial charge in [-0.2, -0.15) is 0 Å². The number of carbonyl (C=O) groups excluding carboxylic acids is 1. The number of nitrogens with one attached hydrogen (secondary N) is 2. The van der Waals surface area contributed by atoms with Crippen LogP contribution in [0.25, 0.3) is 0 Å². The van der Waals surface area contributed by atoms with E-state index in [1.54, 1.807) is 12.1 Å². The molecule has 0 fully saturated rings. The van der Waals surface area contributed by atoms with Crippen molar-refractivity contribution < 1.29 is 22.7 Å². The summed E-state index contributed by atoms with van der Waals surface area (Å²) in [6, 6.07) is 13.2. The van der Waals surface area contributed by atoms with Crippen LogP contribution in [0.3, 0.4) is 0 Å². The number of rotatable bonds is 5. The van der Waals surface area contributed by atoms with Gasteiger partial charge in [0.15, 0.2) is 11.5 Å². The Balaban J connectivity index is 1.63. The fourth-order valence-corrected chi connectivity index (χ4v) is 3.17. The van der Waals surface area contributed by atoms with Crippen molar-refractivity contribution in [2.24, 2.45) is 0 Å². The lowest BCUT2D eigenvalue weighted by Crippen LogP contribution is -2.40. The third-order valence-electron chi connectivity index (χ3n) is 3.73. The predicted molar refractivity (Wildman–Crippen MR) is 91.4 cm³/mol. The van der Waals surface area contributed by atoms with Crippen LogP contribution in [0.1, 0.15) is 10.4 Å². The third kappa shape index (κ3) is 3.92. The largest absolute Gasteiger partial charge is 0.486 e. The van der Waals surface area contributed by atoms with Crippen molar-refractivity contribution in [1.82, 2.24) is 10.0 Å². The first kappa shape index (κ1) is 17.2. The fourth-order valence-electron chi connectivity index (χ4n) is 2.39. The minimum absolute atomic E-state index is 0.0360. The molecular weight excluding hydrogens is 344 g/mol. The molecule has 0 unspecified atom stereocenters. The fraction of sp³-hybridized carbons (Fsp3) is 0.235. The monoisotopic (exact) mass is 362 g/mol. The molecule has 0 bridgehead atoms. The van der Waals surface area contributed by atoms with Gasteiger partial charge < -0.3 is 14.8 Å². The van der Waals surface area contributed by atoms with Crippen molar-refractivity contribution in [2.75, 3.05) is 20.2 Å². The Morgan fingerprint density at radius 3 is 2.68 bits per heavy atom. The van der Waals surface area contributed by atoms with E-state index in [0.717, 1.165) is 0 Å². The molecule has 2 aromatic rings. The van der Waals surface area contributed by atoms with E-state index in [1.807, 2.05) is 18.2 Å². The lowest BCUT2D eigenvalue weighted by molar-refractivity contribution is 0.0789. The summed E-state index contributed by atoms with van der Waals surface area (Å²) in [6.45, 7) is 0.571. The van der Waals surface area contributed by atoms with Crippen LogP contribution in [0.4, 0.5) is 0 Å². The molecule has 1 heterocycles. The first-order valence-electron chi connectivity index (χ1n) is 7.70. The summed E-state index contributed by atoms with van der Waals surface area (Å²) in [5.41, 5.74) is 0.258. The molecule has 2 N–H and O–H groups in total. The van der Waals surface area contributed by atoms with E-state index in [0.29, 0.717) is 18.1 Å². The van der Waals surface area contributed by atoms with Crippen molar-refractivity contribution in [2.45, 2.75) is 11.0 Å². The van der Waals surface area contributed by atoms with Crippen molar-refractivity contribution >= 4 is 15.9 Å². The van der Waals surface area contributed by atoms with E-state index >= 15 is 0 Å². The molecule has 0 aromatic heterocycles. The molecule has 7 nitrogen and oxygen atoms in total. The predicted octanol–water partition coefficient (Wildman–Crippen LogP) is 1.16. The van der Waals surface area contributed by atoms with E-state index in [9.17, 15) is 13.2 Å². The van der Waals surface area contributed by atoms with Crippen LogP contribution in [0, 0.1) is 0 Å². The second kappa shape index (κ2) is 7.12. The average molecular weight is 362 g/mol. The zero-order chi connectivity index (χ0) is 17.9. The van der Waals surface area contributed by atoms with Crippen molar-refractivity contribution in [3.8, 4) is 11.5 Å². The van der Waals surface area contributed by atoms with Crippen LogP contribution in [0.5, 0.6) is 11.5 Å². The molecule has 2 aromatic carbocycles. The molecule has 0 saturated heterocycles. The van der Waals surface area contributed by atoms with Gasteiger partial charge in [0, 0.05) is 5.56 Å². The molecule has 25 heavy (non-hydrogen) atoms. The Bertz CT molecular complexity index is 882. The molecule has 3 rings (SSSR count). The lowest BCUT2D eigenvalue weighted by Gasteiger charge is -2.26. The van der Waals surface area contributed by atoms with Crippen LogP contribution in [-0.2, 0) is 10.0 Å². The Morgan fingerprint density at radius 1 is 1.16 bits per heavy atom. The number of ether oxygens (including phenoxy) is 2. The zero-order valence-corrected chi connectivity index (χ0v) is 14.4. The highest BCUT2D eigenvalue weighted by atomic mass is 32.2. The number of sulfonamides is 1. The van der Waals surface area contributed by atoms with Gasteiger partial charge in [0.1, 0.15) is 12.7 Å². The highest BCUT2D eigenvalue weighted by molar-refractivity contribution is 7.89. The number of benzene rings is 2. The van der Waals surface area contributed by atoms with E-state index in [4.69, 9.17) is 9.47 Å². The number of amides is 1. The molecule has 1 amide bonds. The Morgan fingerprint density at radius 2 is 1.92 bits per heavy atom. The highest BCUT2D eigenvalue weighted by Crippen LogP contribution is 2.30. The summed E-state index contributed by atoms with van der Waals surface area (Å²) in [7, 11) is -2.28. The summed E-state index contributed by atoms with van der Waals surface area (Å²) in [5, 5.41) is 2.74. The number of carbonyl (C=O) groups is 1. The normalized spacial score (nSPS) is 16.3. The van der Waals surface area contributed by atoms with E-state index in [1.165, 1.54) is 25.2 Å². The zero-order valence-electron chi connectivity index (χ0n) is 13.6. The van der Waals surface area contributed by atoms with E-state index in [2.05, 4.69) is 10.0 Å². The van der Waals surface area contributed by atoms with Gasteiger partial charge in [0.25, 0.3) is 5.91 Å². The summed E-state index contributed by atoms with van der Waals surface area (Å²) in [6.07, 6.45) is -0.317. The van der Waals surface area contributed by atoms with Gasteiger partial charge >= 0.3 is 0 Å². The Hall–Kier alpha value is -2.58. The SMILES string of the molecule is CNS(=O)(=O)c1cccc(C(=O)NC[C@@H]2COc3ccccc3O2)c1. The van der Waals surface area contributed by atoms with Crippen molar-refractivity contribution in [3.63, 3.8) is 0 Å². The molecule has 1 aliphatic heterocycles. The Labute approximate surface area is 146 Å². The van der Waals surface area contributed by atoms with Gasteiger partial charge in [-0.15, -0.1) is 0 Å². The van der Waals surface area contributed by atoms with Crippen LogP contribution in [0.15, 0.2) is 53.4 Å². The minimum Gasteiger partial charge on any atom is -0.486 e. The molecule has 1 aliphatic rings. The number of hydrogen-bond donors (Lipinski definition) is 2. The Kier molecular flexibility index (Phi) is 4.91. The molecular formula is C17H18N2O5S. The van der Waals surface area contributed by atoms with Gasteiger partial charge in [0.2, 0.25) is 10.0 Å². The number of hydrogen-bond acceptors (Lipinski definition) is 5. The van der Waals surface area contributed by atoms with Crippen LogP contribution >= 0.6 is 0 Å². The topological polar surface area (TPSA) is 93.7 Å². The molecule has 8 heteroatoms. The first-order chi connectivity index (χ1) is 12.0. The molecule has 1 atom stereocenters. The van der Waals surface area contributed by atoms with Gasteiger partial charge in [-0.25, -0.2) is 13.1 Å². The van der Waals surface area contributed by atoms with Crippen LogP contribution in [0.2, 0.25) is 0 Å². The molecule has 0 saturated carbocycles. The average Bonchev–Trinajstić information content (AvgIpc) is 2.66. The standard InChI is InChI=1S/C17H18N2O5S/c1-18-25(21,22)14-6-4-5-12(9-14)17(20)19-10-13-11-23-15-7-2-3-8-16(15)24-13/h2-9,13,18H,10-11H2,1H3,(H,19,20)/t13-/m1/s1. The van der Waals surface area contributed by atoms with Crippen LogP contribution in [-0.4, -0.2) is 40.6 Å². The van der Waals surface area contributed by atoms with Gasteiger partial charge in [-0.3, -0.25) is 4.79 Å². The summed E-state index contributed by atoms with van der Waals surface area (Å²) >= 11 is 0. The molecule has 0 radical (unpaired) electrons. The third-order valence-corrected chi connectivity index (χ3v) is 5.15. The second-order valence-corrected chi connectivity index (χ2v) is 7.33. The van der Waals surface area contributed by atoms with Crippen molar-refractivity contribution in [3.05, 3.63) is 54.1 Å². The first-order valence-corrected chi connectivity index (χ1v) is 9.18. The van der Waals surface area contributed by atoms with Crippen molar-refractivity contribution in [1.29, 1.82) is 0 Å². The quantitative estimate of drug-likeness (QED) is 0.833. The van der Waals surface area contributed by atoms with E-state index in [-0.39, 0.29) is 29.0 Å². The second-order valence-electron chi connectivity index (χ2n) is 5.44. The van der Waals surface area contributed by atoms with Crippen LogP contribution < -0.4 is 19.5 Å². The molecule has 0 spiro atoms. The summed E-state index contributed by atoms with van der Waals surface area (Å²) in [4.78, 5) is 12.3. The molecule has 0 aliphatic carbocycles. The lowest BCUT2D eigenvalue weighted by atomic mass is 10.2. The molecule has 132 valence electrons. The van der Waals surface area contributed by atoms with Gasteiger partial charge in [-0.05, 0) is 37.4 Å². The minimum atomic E-state index is -3.60. The highest BCUT2D eigenvalue weighted by Gasteiger charge is 2.21. The van der Waals surface area contributed by atoms with E-state index < -0.39 is 10.0 Å². The van der Waals surface area contributed by atoms with Gasteiger partial charge in [-0.1, -0.05) is 18.2 Å². The maximum Gasteiger partial charge on any atom is 0.251 e. The maximum absolute atomic E-state index is 12.3. The maximum atomic E-state index is 12.3. The van der Waals surface area contributed by atoms with Gasteiger partial charge in [0.05, 0.1) is 11.4 Å². The number of para-hydroxylation sites is 2. The number of fused-ring (bicyclic) bond motifs is 1.